The fraction of sp³-hybridized carbons (Fsp3) is 0.143. The van der Waals surface area contributed by atoms with Crippen molar-refractivity contribution in [2.24, 2.45) is 0 Å². The number of hydrogen-bond donors (Lipinski definition) is 1. The predicted octanol–water partition coefficient (Wildman–Crippen LogP) is 3.38. The standard InChI is InChI=1S/C14H11F3O/c15-11-3-1-9(2-4-11)14(18)8-10-7-12(16)5-6-13(10)17/h1-7,14,18H,8H2. The van der Waals surface area contributed by atoms with Crippen molar-refractivity contribution >= 4 is 0 Å². The molecule has 1 nitrogen and oxygen atoms in total. The van der Waals surface area contributed by atoms with Crippen LogP contribution in [0, 0.1) is 17.5 Å². The second kappa shape index (κ2) is 5.23. The number of hydrogen-bond acceptors (Lipinski definition) is 1. The highest BCUT2D eigenvalue weighted by Gasteiger charge is 2.12. The molecule has 0 radical (unpaired) electrons. The molecule has 0 aliphatic heterocycles. The quantitative estimate of drug-likeness (QED) is 0.887. The van der Waals surface area contributed by atoms with Crippen LogP contribution >= 0.6 is 0 Å². The summed E-state index contributed by atoms with van der Waals surface area (Å²) in [6.07, 6.45) is -1.06. The number of aliphatic hydroxyl groups is 1. The zero-order valence-electron chi connectivity index (χ0n) is 9.41. The van der Waals surface area contributed by atoms with Gasteiger partial charge in [-0.2, -0.15) is 0 Å². The van der Waals surface area contributed by atoms with Crippen molar-refractivity contribution in [1.82, 2.24) is 0 Å². The van der Waals surface area contributed by atoms with Crippen LogP contribution in [0.2, 0.25) is 0 Å². The molecule has 94 valence electrons. The number of benzene rings is 2. The highest BCUT2D eigenvalue weighted by molar-refractivity contribution is 5.24. The van der Waals surface area contributed by atoms with E-state index in [9.17, 15) is 18.3 Å². The van der Waals surface area contributed by atoms with E-state index in [0.29, 0.717) is 5.56 Å². The highest BCUT2D eigenvalue weighted by Crippen LogP contribution is 2.21. The average molecular weight is 252 g/mol. The van der Waals surface area contributed by atoms with Crippen LogP contribution in [-0.4, -0.2) is 5.11 Å². The third kappa shape index (κ3) is 2.90. The maximum absolute atomic E-state index is 13.4. The van der Waals surface area contributed by atoms with Gasteiger partial charge in [0.1, 0.15) is 17.5 Å². The molecule has 0 saturated carbocycles. The van der Waals surface area contributed by atoms with Crippen LogP contribution in [0.5, 0.6) is 0 Å². The van der Waals surface area contributed by atoms with Crippen LogP contribution in [0.15, 0.2) is 42.5 Å². The summed E-state index contributed by atoms with van der Waals surface area (Å²) in [4.78, 5) is 0. The van der Waals surface area contributed by atoms with Crippen LogP contribution in [0.3, 0.4) is 0 Å². The summed E-state index contributed by atoms with van der Waals surface area (Å²) in [5, 5.41) is 9.87. The largest absolute Gasteiger partial charge is 0.388 e. The van der Waals surface area contributed by atoms with Gasteiger partial charge in [0.15, 0.2) is 0 Å². The molecule has 0 spiro atoms. The normalized spacial score (nSPS) is 12.4. The minimum atomic E-state index is -0.998. The maximum Gasteiger partial charge on any atom is 0.126 e. The number of rotatable bonds is 3. The highest BCUT2D eigenvalue weighted by atomic mass is 19.1. The topological polar surface area (TPSA) is 20.2 Å². The van der Waals surface area contributed by atoms with E-state index in [1.165, 1.54) is 24.3 Å². The average Bonchev–Trinajstić information content (AvgIpc) is 2.34. The Labute approximate surface area is 103 Å². The van der Waals surface area contributed by atoms with Gasteiger partial charge >= 0.3 is 0 Å². The van der Waals surface area contributed by atoms with E-state index >= 15 is 0 Å². The number of halogens is 3. The SMILES string of the molecule is OC(Cc1cc(F)ccc1F)c1ccc(F)cc1. The van der Waals surface area contributed by atoms with Gasteiger partial charge in [-0.15, -0.1) is 0 Å². The molecule has 0 aromatic heterocycles. The van der Waals surface area contributed by atoms with Gasteiger partial charge < -0.3 is 5.11 Å². The summed E-state index contributed by atoms with van der Waals surface area (Å²) < 4.78 is 39.0. The van der Waals surface area contributed by atoms with Crippen molar-refractivity contribution in [2.45, 2.75) is 12.5 Å². The smallest absolute Gasteiger partial charge is 0.126 e. The molecule has 1 unspecified atom stereocenters. The Balaban J connectivity index is 2.18. The molecule has 1 N–H and O–H groups in total. The van der Waals surface area contributed by atoms with E-state index in [2.05, 4.69) is 0 Å². The molecule has 0 saturated heterocycles. The zero-order valence-corrected chi connectivity index (χ0v) is 9.41. The van der Waals surface area contributed by atoms with Crippen molar-refractivity contribution in [3.05, 3.63) is 71.0 Å². The molecular formula is C14H11F3O. The third-order valence-electron chi connectivity index (χ3n) is 2.68. The van der Waals surface area contributed by atoms with E-state index < -0.39 is 23.6 Å². The van der Waals surface area contributed by atoms with Gasteiger partial charge in [-0.1, -0.05) is 12.1 Å². The fourth-order valence-corrected chi connectivity index (χ4v) is 1.71. The van der Waals surface area contributed by atoms with Crippen LogP contribution in [-0.2, 0) is 6.42 Å². The summed E-state index contributed by atoms with van der Waals surface area (Å²) in [6.45, 7) is 0. The lowest BCUT2D eigenvalue weighted by Crippen LogP contribution is -2.04. The summed E-state index contributed by atoms with van der Waals surface area (Å²) in [5.41, 5.74) is 0.548. The summed E-state index contributed by atoms with van der Waals surface area (Å²) >= 11 is 0. The van der Waals surface area contributed by atoms with Crippen molar-refractivity contribution in [3.8, 4) is 0 Å². The fourth-order valence-electron chi connectivity index (χ4n) is 1.71. The Morgan fingerprint density at radius 2 is 1.50 bits per heavy atom. The van der Waals surface area contributed by atoms with Crippen LogP contribution in [0.25, 0.3) is 0 Å². The summed E-state index contributed by atoms with van der Waals surface area (Å²) in [6, 6.07) is 8.32. The zero-order chi connectivity index (χ0) is 13.1. The Morgan fingerprint density at radius 1 is 0.889 bits per heavy atom. The Hall–Kier alpha value is -1.81. The van der Waals surface area contributed by atoms with Gasteiger partial charge in [0.25, 0.3) is 0 Å². The first kappa shape index (κ1) is 12.6. The second-order valence-corrected chi connectivity index (χ2v) is 4.01. The Morgan fingerprint density at radius 3 is 2.17 bits per heavy atom. The van der Waals surface area contributed by atoms with Crippen molar-refractivity contribution < 1.29 is 18.3 Å². The van der Waals surface area contributed by atoms with Gasteiger partial charge in [0.05, 0.1) is 6.10 Å². The molecule has 0 heterocycles. The van der Waals surface area contributed by atoms with Crippen molar-refractivity contribution in [1.29, 1.82) is 0 Å². The molecule has 2 aromatic carbocycles. The first-order chi connectivity index (χ1) is 8.56. The lowest BCUT2D eigenvalue weighted by Gasteiger charge is -2.11. The maximum atomic E-state index is 13.4. The van der Waals surface area contributed by atoms with Gasteiger partial charge in [-0.05, 0) is 41.5 Å². The predicted molar refractivity (Wildman–Crippen MR) is 61.4 cm³/mol. The van der Waals surface area contributed by atoms with Crippen molar-refractivity contribution in [2.75, 3.05) is 0 Å². The molecular weight excluding hydrogens is 241 g/mol. The van der Waals surface area contributed by atoms with E-state index in [1.54, 1.807) is 0 Å². The molecule has 4 heteroatoms. The minimum absolute atomic E-state index is 0.0603. The van der Waals surface area contributed by atoms with Gasteiger partial charge in [-0.3, -0.25) is 0 Å². The van der Waals surface area contributed by atoms with Gasteiger partial charge in [0.2, 0.25) is 0 Å². The van der Waals surface area contributed by atoms with Crippen LogP contribution < -0.4 is 0 Å². The molecule has 0 bridgehead atoms. The Kier molecular flexibility index (Phi) is 3.67. The van der Waals surface area contributed by atoms with E-state index in [-0.39, 0.29) is 12.0 Å². The summed E-state index contributed by atoms with van der Waals surface area (Å²) in [7, 11) is 0. The molecule has 1 atom stereocenters. The monoisotopic (exact) mass is 252 g/mol. The first-order valence-corrected chi connectivity index (χ1v) is 5.44. The lowest BCUT2D eigenvalue weighted by molar-refractivity contribution is 0.177. The molecule has 2 rings (SSSR count). The molecule has 0 fully saturated rings. The van der Waals surface area contributed by atoms with Gasteiger partial charge in [0, 0.05) is 6.42 Å². The lowest BCUT2D eigenvalue weighted by atomic mass is 10.0. The number of aliphatic hydroxyl groups excluding tert-OH is 1. The first-order valence-electron chi connectivity index (χ1n) is 5.44. The molecule has 18 heavy (non-hydrogen) atoms. The second-order valence-electron chi connectivity index (χ2n) is 4.01. The van der Waals surface area contributed by atoms with E-state index in [1.807, 2.05) is 0 Å². The van der Waals surface area contributed by atoms with E-state index in [4.69, 9.17) is 0 Å². The molecule has 0 aliphatic carbocycles. The molecule has 0 amide bonds. The van der Waals surface area contributed by atoms with E-state index in [0.717, 1.165) is 18.2 Å². The third-order valence-corrected chi connectivity index (χ3v) is 2.68. The summed E-state index contributed by atoms with van der Waals surface area (Å²) in [5.74, 6) is -1.54. The van der Waals surface area contributed by atoms with Gasteiger partial charge in [-0.25, -0.2) is 13.2 Å². The molecule has 2 aromatic rings. The Bertz CT molecular complexity index is 537. The van der Waals surface area contributed by atoms with Crippen molar-refractivity contribution in [3.63, 3.8) is 0 Å². The van der Waals surface area contributed by atoms with Crippen LogP contribution in [0.1, 0.15) is 17.2 Å². The van der Waals surface area contributed by atoms with Crippen LogP contribution in [0.4, 0.5) is 13.2 Å². The molecule has 0 aliphatic rings. The minimum Gasteiger partial charge on any atom is -0.388 e.